The maximum Gasteiger partial charge on any atom is 0.352 e. The molecule has 1 aliphatic heterocycles. The van der Waals surface area contributed by atoms with Crippen molar-refractivity contribution in [2.75, 3.05) is 18.1 Å². The summed E-state index contributed by atoms with van der Waals surface area (Å²) in [6.07, 6.45) is 8.66. The van der Waals surface area contributed by atoms with Crippen LogP contribution < -0.4 is 20.3 Å². The minimum absolute atomic E-state index is 0.188. The minimum atomic E-state index is -1.29. The van der Waals surface area contributed by atoms with Gasteiger partial charge in [0.2, 0.25) is 11.8 Å². The number of ether oxygens (including phenoxy) is 1. The van der Waals surface area contributed by atoms with Gasteiger partial charge in [0.25, 0.3) is 11.8 Å². The van der Waals surface area contributed by atoms with E-state index in [1.54, 1.807) is 64.7 Å². The number of carboxylic acids is 1. The maximum absolute atomic E-state index is 14.6. The molecule has 4 amide bonds. The monoisotopic (exact) mass is 757 g/mol. The van der Waals surface area contributed by atoms with E-state index in [1.165, 1.54) is 13.0 Å². The standard InChI is InChI=1S/C44H47N5O7/c1-31(50)46-26-24-44(22-8-9-23-44)43(55)47-37(42(53)54)27-33-16-19-35(20-17-33)48-39(21-18-32-11-4-2-5-12-32)49(40(51)30-56-36-14-6-3-7-15-36)38(41(48)52)28-34-13-10-25-45-29-34/h2-7,10-17,19-20,25,27,29,38-39H,8-9,18,21-24,26,28,30H2,1H3,(H,46,50)(H,47,55)(H,53,54)/b37-27-. The van der Waals surface area contributed by atoms with Gasteiger partial charge in [-0.2, -0.15) is 0 Å². The number of aliphatic carboxylic acids is 1. The Morgan fingerprint density at radius 2 is 1.59 bits per heavy atom. The first-order valence-electron chi connectivity index (χ1n) is 19.0. The molecule has 2 heterocycles. The van der Waals surface area contributed by atoms with Crippen molar-refractivity contribution >= 4 is 41.4 Å². The summed E-state index contributed by atoms with van der Waals surface area (Å²) in [5.74, 6) is -1.92. The number of amides is 4. The Balaban J connectivity index is 1.29. The van der Waals surface area contributed by atoms with Gasteiger partial charge < -0.3 is 25.4 Å². The number of nitrogens with one attached hydrogen (secondary N) is 2. The number of carboxylic acid groups (broad SMARTS) is 1. The fraction of sp³-hybridized carbons (Fsp3) is 0.318. The average Bonchev–Trinajstić information content (AvgIpc) is 3.80. The molecule has 2 aliphatic rings. The molecular weight excluding hydrogens is 711 g/mol. The van der Waals surface area contributed by atoms with Crippen molar-refractivity contribution in [3.63, 3.8) is 0 Å². The summed E-state index contributed by atoms with van der Waals surface area (Å²) in [6.45, 7) is 1.48. The van der Waals surface area contributed by atoms with E-state index in [1.807, 2.05) is 54.6 Å². The predicted molar refractivity (Wildman–Crippen MR) is 211 cm³/mol. The third-order valence-corrected chi connectivity index (χ3v) is 10.5. The van der Waals surface area contributed by atoms with E-state index in [0.29, 0.717) is 55.6 Å². The van der Waals surface area contributed by atoms with Crippen LogP contribution in [0.15, 0.2) is 115 Å². The third-order valence-electron chi connectivity index (χ3n) is 10.5. The van der Waals surface area contributed by atoms with Crippen LogP contribution in [-0.4, -0.2) is 69.9 Å². The Morgan fingerprint density at radius 1 is 0.911 bits per heavy atom. The lowest BCUT2D eigenvalue weighted by Gasteiger charge is -2.31. The molecule has 1 saturated carbocycles. The fourth-order valence-corrected chi connectivity index (χ4v) is 7.69. The molecule has 6 rings (SSSR count). The molecule has 1 saturated heterocycles. The number of aromatic nitrogens is 1. The summed E-state index contributed by atoms with van der Waals surface area (Å²) in [4.78, 5) is 73.7. The first-order chi connectivity index (χ1) is 27.1. The zero-order valence-electron chi connectivity index (χ0n) is 31.4. The quantitative estimate of drug-likeness (QED) is 0.126. The van der Waals surface area contributed by atoms with Crippen LogP contribution >= 0.6 is 0 Å². The Kier molecular flexibility index (Phi) is 12.9. The van der Waals surface area contributed by atoms with E-state index in [4.69, 9.17) is 4.74 Å². The van der Waals surface area contributed by atoms with E-state index < -0.39 is 23.6 Å². The Labute approximate surface area is 326 Å². The van der Waals surface area contributed by atoms with Gasteiger partial charge >= 0.3 is 5.97 Å². The number of rotatable bonds is 16. The molecule has 0 bridgehead atoms. The number of pyridine rings is 1. The SMILES string of the molecule is CC(=O)NCCC1(C(=O)N/C(=C\c2ccc(N3C(=O)C(Cc4cccnc4)N(C(=O)COc4ccccc4)C3CCc3ccccc3)cc2)C(=O)O)CCCC1. The Hall–Kier alpha value is -6.30. The number of benzene rings is 3. The van der Waals surface area contributed by atoms with Crippen LogP contribution in [0.5, 0.6) is 5.75 Å². The van der Waals surface area contributed by atoms with E-state index in [0.717, 1.165) is 24.0 Å². The first kappa shape index (κ1) is 39.4. The highest BCUT2D eigenvalue weighted by Crippen LogP contribution is 2.41. The molecule has 1 aromatic heterocycles. The molecule has 3 N–H and O–H groups in total. The number of carbonyl (C=O) groups is 5. The Morgan fingerprint density at radius 3 is 2.23 bits per heavy atom. The number of carbonyl (C=O) groups excluding carboxylic acids is 4. The van der Waals surface area contributed by atoms with E-state index in [-0.39, 0.29) is 42.4 Å². The summed E-state index contributed by atoms with van der Waals surface area (Å²) in [6, 6.07) is 28.6. The number of nitrogens with zero attached hydrogens (tertiary/aromatic N) is 3. The van der Waals surface area contributed by atoms with Crippen molar-refractivity contribution in [3.8, 4) is 5.75 Å². The fourth-order valence-electron chi connectivity index (χ4n) is 7.69. The van der Waals surface area contributed by atoms with Gasteiger partial charge in [-0.3, -0.25) is 29.1 Å². The second kappa shape index (κ2) is 18.4. The van der Waals surface area contributed by atoms with Crippen LogP contribution in [0.4, 0.5) is 5.69 Å². The van der Waals surface area contributed by atoms with Crippen molar-refractivity contribution in [2.24, 2.45) is 5.41 Å². The molecule has 12 nitrogen and oxygen atoms in total. The van der Waals surface area contributed by atoms with Crippen molar-refractivity contribution in [1.82, 2.24) is 20.5 Å². The van der Waals surface area contributed by atoms with E-state index in [2.05, 4.69) is 15.6 Å². The summed E-state index contributed by atoms with van der Waals surface area (Å²) >= 11 is 0. The topological polar surface area (TPSA) is 158 Å². The van der Waals surface area contributed by atoms with Crippen LogP contribution in [0, 0.1) is 5.41 Å². The van der Waals surface area contributed by atoms with Gasteiger partial charge in [-0.15, -0.1) is 0 Å². The zero-order chi connectivity index (χ0) is 39.5. The van der Waals surface area contributed by atoms with Crippen molar-refractivity contribution in [1.29, 1.82) is 0 Å². The van der Waals surface area contributed by atoms with Gasteiger partial charge in [0, 0.05) is 38.0 Å². The molecule has 2 fully saturated rings. The molecule has 290 valence electrons. The second-order valence-corrected chi connectivity index (χ2v) is 14.3. The molecule has 2 atom stereocenters. The second-order valence-electron chi connectivity index (χ2n) is 14.3. The van der Waals surface area contributed by atoms with Crippen molar-refractivity contribution in [3.05, 3.63) is 132 Å². The van der Waals surface area contributed by atoms with Gasteiger partial charge in [-0.25, -0.2) is 4.79 Å². The lowest BCUT2D eigenvalue weighted by atomic mass is 9.81. The maximum atomic E-state index is 14.6. The third kappa shape index (κ3) is 9.67. The van der Waals surface area contributed by atoms with E-state index in [9.17, 15) is 29.1 Å². The zero-order valence-corrected chi connectivity index (χ0v) is 31.4. The molecular formula is C44H47N5O7. The van der Waals surface area contributed by atoms with Crippen LogP contribution in [0.1, 0.15) is 62.1 Å². The molecule has 3 aromatic carbocycles. The molecule has 1 aliphatic carbocycles. The molecule has 4 aromatic rings. The molecule has 56 heavy (non-hydrogen) atoms. The molecule has 2 unspecified atom stereocenters. The number of para-hydroxylation sites is 1. The number of hydrogen-bond donors (Lipinski definition) is 3. The van der Waals surface area contributed by atoms with Crippen molar-refractivity contribution < 1.29 is 33.8 Å². The lowest BCUT2D eigenvalue weighted by molar-refractivity contribution is -0.138. The van der Waals surface area contributed by atoms with E-state index >= 15 is 0 Å². The summed E-state index contributed by atoms with van der Waals surface area (Å²) in [5, 5.41) is 15.5. The van der Waals surface area contributed by atoms with Crippen molar-refractivity contribution in [2.45, 2.75) is 70.5 Å². The molecule has 12 heteroatoms. The number of aryl methyl sites for hydroxylation is 1. The van der Waals surface area contributed by atoms with Gasteiger partial charge in [0.15, 0.2) is 6.61 Å². The highest BCUT2D eigenvalue weighted by molar-refractivity contribution is 6.04. The Bertz CT molecular complexity index is 2020. The molecule has 0 radical (unpaired) electrons. The van der Waals surface area contributed by atoms with Gasteiger partial charge in [-0.1, -0.05) is 79.6 Å². The smallest absolute Gasteiger partial charge is 0.352 e. The molecule has 0 spiro atoms. The number of hydrogen-bond acceptors (Lipinski definition) is 7. The van der Waals surface area contributed by atoms with Crippen LogP contribution in [0.2, 0.25) is 0 Å². The van der Waals surface area contributed by atoms with Gasteiger partial charge in [0.1, 0.15) is 23.7 Å². The van der Waals surface area contributed by atoms with Crippen LogP contribution in [-0.2, 0) is 36.8 Å². The van der Waals surface area contributed by atoms with Gasteiger partial charge in [0.05, 0.1) is 5.41 Å². The first-order valence-corrected chi connectivity index (χ1v) is 19.0. The lowest BCUT2D eigenvalue weighted by Crippen LogP contribution is -2.47. The number of anilines is 1. The average molecular weight is 758 g/mol. The van der Waals surface area contributed by atoms with Crippen LogP contribution in [0.25, 0.3) is 6.08 Å². The van der Waals surface area contributed by atoms with Gasteiger partial charge in [-0.05, 0) is 85.2 Å². The minimum Gasteiger partial charge on any atom is -0.484 e. The summed E-state index contributed by atoms with van der Waals surface area (Å²) in [7, 11) is 0. The predicted octanol–water partition coefficient (Wildman–Crippen LogP) is 5.53. The summed E-state index contributed by atoms with van der Waals surface area (Å²) in [5.41, 5.74) is 1.83. The normalized spacial score (nSPS) is 17.7. The van der Waals surface area contributed by atoms with Crippen LogP contribution in [0.3, 0.4) is 0 Å². The highest BCUT2D eigenvalue weighted by Gasteiger charge is 2.49. The highest BCUT2D eigenvalue weighted by atomic mass is 16.5. The summed E-state index contributed by atoms with van der Waals surface area (Å²) < 4.78 is 5.90. The largest absolute Gasteiger partial charge is 0.484 e.